The summed E-state index contributed by atoms with van der Waals surface area (Å²) in [5.41, 5.74) is 0.358. The molecule has 0 saturated carbocycles. The van der Waals surface area contributed by atoms with Crippen LogP contribution in [0.5, 0.6) is 5.88 Å². The van der Waals surface area contributed by atoms with E-state index in [9.17, 15) is 8.42 Å². The highest BCUT2D eigenvalue weighted by molar-refractivity contribution is 7.92. The number of pyridine rings is 1. The van der Waals surface area contributed by atoms with E-state index in [-0.39, 0.29) is 0 Å². The molecule has 1 heterocycles. The van der Waals surface area contributed by atoms with Crippen molar-refractivity contribution in [3.05, 3.63) is 18.3 Å². The molecule has 0 aliphatic carbocycles. The Hall–Kier alpha value is -1.30. The molecule has 1 aromatic rings. The first kappa shape index (κ1) is 10.8. The molecule has 0 fully saturated rings. The van der Waals surface area contributed by atoms with Crippen molar-refractivity contribution in [1.29, 1.82) is 0 Å². The highest BCUT2D eigenvalue weighted by atomic mass is 32.2. The van der Waals surface area contributed by atoms with Gasteiger partial charge in [-0.2, -0.15) is 0 Å². The summed E-state index contributed by atoms with van der Waals surface area (Å²) in [5, 5.41) is 0. The van der Waals surface area contributed by atoms with Gasteiger partial charge in [0.2, 0.25) is 15.9 Å². The lowest BCUT2D eigenvalue weighted by Crippen LogP contribution is -2.11. The molecule has 0 aliphatic rings. The minimum absolute atomic E-state index is 0.292. The minimum atomic E-state index is -3.29. The van der Waals surface area contributed by atoms with E-state index >= 15 is 0 Å². The number of rotatable bonds is 4. The van der Waals surface area contributed by atoms with Gasteiger partial charge in [-0.25, -0.2) is 13.4 Å². The van der Waals surface area contributed by atoms with Crippen molar-refractivity contribution in [2.45, 2.75) is 6.92 Å². The number of sulfonamides is 1. The zero-order valence-corrected chi connectivity index (χ0v) is 8.84. The van der Waals surface area contributed by atoms with Crippen molar-refractivity contribution in [2.24, 2.45) is 0 Å². The first-order chi connectivity index (χ1) is 6.53. The van der Waals surface area contributed by atoms with Crippen LogP contribution in [0, 0.1) is 0 Å². The molecule has 0 aliphatic heterocycles. The molecular formula is C8H12N2O3S. The molecule has 0 aromatic carbocycles. The standard InChI is InChI=1S/C8H12N2O3S/c1-3-13-8-7(5-4-6-9-8)10-14(2,11)12/h4-6,10H,3H2,1-2H3. The van der Waals surface area contributed by atoms with Crippen molar-refractivity contribution >= 4 is 15.7 Å². The molecule has 1 N–H and O–H groups in total. The van der Waals surface area contributed by atoms with Gasteiger partial charge >= 0.3 is 0 Å². The SMILES string of the molecule is CCOc1ncccc1NS(C)(=O)=O. The van der Waals surface area contributed by atoms with Crippen molar-refractivity contribution in [3.63, 3.8) is 0 Å². The topological polar surface area (TPSA) is 68.3 Å². The molecule has 0 atom stereocenters. The fourth-order valence-corrected chi connectivity index (χ4v) is 1.47. The maximum atomic E-state index is 11.0. The maximum Gasteiger partial charge on any atom is 0.238 e. The van der Waals surface area contributed by atoms with E-state index in [1.165, 1.54) is 0 Å². The van der Waals surface area contributed by atoms with Crippen LogP contribution in [0.2, 0.25) is 0 Å². The van der Waals surface area contributed by atoms with Crippen LogP contribution in [0.25, 0.3) is 0 Å². The van der Waals surface area contributed by atoms with Gasteiger partial charge in [-0.3, -0.25) is 4.72 Å². The molecule has 0 bridgehead atoms. The molecule has 0 spiro atoms. The summed E-state index contributed by atoms with van der Waals surface area (Å²) in [6, 6.07) is 3.23. The quantitative estimate of drug-likeness (QED) is 0.810. The Morgan fingerprint density at radius 1 is 1.57 bits per heavy atom. The average Bonchev–Trinajstić information content (AvgIpc) is 2.06. The smallest absolute Gasteiger partial charge is 0.238 e. The van der Waals surface area contributed by atoms with Gasteiger partial charge in [0.25, 0.3) is 0 Å². The molecular weight excluding hydrogens is 204 g/mol. The van der Waals surface area contributed by atoms with Crippen LogP contribution in [0.1, 0.15) is 6.92 Å². The van der Waals surface area contributed by atoms with Gasteiger partial charge in [0.05, 0.1) is 12.9 Å². The number of nitrogens with one attached hydrogen (secondary N) is 1. The van der Waals surface area contributed by atoms with Crippen LogP contribution in [0.3, 0.4) is 0 Å². The fraction of sp³-hybridized carbons (Fsp3) is 0.375. The van der Waals surface area contributed by atoms with Crippen molar-refractivity contribution in [1.82, 2.24) is 4.98 Å². The monoisotopic (exact) mass is 216 g/mol. The van der Waals surface area contributed by atoms with Gasteiger partial charge in [0.15, 0.2) is 0 Å². The number of hydrogen-bond donors (Lipinski definition) is 1. The molecule has 78 valence electrons. The Kier molecular flexibility index (Phi) is 3.29. The van der Waals surface area contributed by atoms with E-state index in [1.807, 2.05) is 0 Å². The Balaban J connectivity index is 2.95. The minimum Gasteiger partial charge on any atom is -0.476 e. The Labute approximate surface area is 83.2 Å². The second-order valence-electron chi connectivity index (χ2n) is 2.66. The van der Waals surface area contributed by atoms with E-state index in [1.54, 1.807) is 25.3 Å². The number of nitrogens with zero attached hydrogens (tertiary/aromatic N) is 1. The third-order valence-electron chi connectivity index (χ3n) is 1.35. The predicted molar refractivity (Wildman–Crippen MR) is 53.9 cm³/mol. The largest absolute Gasteiger partial charge is 0.476 e. The second kappa shape index (κ2) is 4.28. The lowest BCUT2D eigenvalue weighted by molar-refractivity contribution is 0.329. The normalized spacial score (nSPS) is 11.0. The van der Waals surface area contributed by atoms with Crippen LogP contribution >= 0.6 is 0 Å². The van der Waals surface area contributed by atoms with Crippen LogP contribution < -0.4 is 9.46 Å². The van der Waals surface area contributed by atoms with Gasteiger partial charge in [-0.1, -0.05) is 0 Å². The summed E-state index contributed by atoms with van der Waals surface area (Å²) < 4.78 is 29.4. The van der Waals surface area contributed by atoms with E-state index < -0.39 is 10.0 Å². The highest BCUT2D eigenvalue weighted by Gasteiger charge is 2.08. The second-order valence-corrected chi connectivity index (χ2v) is 4.41. The van der Waals surface area contributed by atoms with Crippen LogP contribution in [-0.2, 0) is 10.0 Å². The van der Waals surface area contributed by atoms with Gasteiger partial charge < -0.3 is 4.74 Å². The summed E-state index contributed by atoms with van der Waals surface area (Å²) in [4.78, 5) is 3.90. The maximum absolute atomic E-state index is 11.0. The summed E-state index contributed by atoms with van der Waals surface area (Å²) in [7, 11) is -3.29. The highest BCUT2D eigenvalue weighted by Crippen LogP contribution is 2.20. The zero-order chi connectivity index (χ0) is 10.6. The molecule has 0 saturated heterocycles. The number of hydrogen-bond acceptors (Lipinski definition) is 4. The molecule has 1 aromatic heterocycles. The van der Waals surface area contributed by atoms with Gasteiger partial charge in [-0.15, -0.1) is 0 Å². The van der Waals surface area contributed by atoms with E-state index in [4.69, 9.17) is 4.74 Å². The number of anilines is 1. The van der Waals surface area contributed by atoms with Crippen molar-refractivity contribution < 1.29 is 13.2 Å². The van der Waals surface area contributed by atoms with E-state index in [0.29, 0.717) is 18.2 Å². The summed E-state index contributed by atoms with van der Waals surface area (Å²) in [6.45, 7) is 2.24. The van der Waals surface area contributed by atoms with Crippen molar-refractivity contribution in [2.75, 3.05) is 17.6 Å². The zero-order valence-electron chi connectivity index (χ0n) is 8.02. The summed E-state index contributed by atoms with van der Waals surface area (Å²) >= 11 is 0. The lowest BCUT2D eigenvalue weighted by Gasteiger charge is -2.08. The summed E-state index contributed by atoms with van der Waals surface area (Å²) in [5.74, 6) is 0.292. The van der Waals surface area contributed by atoms with Crippen LogP contribution in [-0.4, -0.2) is 26.3 Å². The number of aromatic nitrogens is 1. The van der Waals surface area contributed by atoms with E-state index in [0.717, 1.165) is 6.26 Å². The number of ether oxygens (including phenoxy) is 1. The third kappa shape index (κ3) is 3.21. The van der Waals surface area contributed by atoms with Crippen LogP contribution in [0.4, 0.5) is 5.69 Å². The molecule has 6 heteroatoms. The van der Waals surface area contributed by atoms with Crippen molar-refractivity contribution in [3.8, 4) is 5.88 Å². The predicted octanol–water partition coefficient (Wildman–Crippen LogP) is 0.852. The Morgan fingerprint density at radius 3 is 2.86 bits per heavy atom. The molecule has 14 heavy (non-hydrogen) atoms. The molecule has 0 amide bonds. The summed E-state index contributed by atoms with van der Waals surface area (Å²) in [6.07, 6.45) is 2.62. The van der Waals surface area contributed by atoms with Gasteiger partial charge in [0.1, 0.15) is 5.69 Å². The van der Waals surface area contributed by atoms with Gasteiger partial charge in [-0.05, 0) is 19.1 Å². The Morgan fingerprint density at radius 2 is 2.29 bits per heavy atom. The first-order valence-corrected chi connectivity index (χ1v) is 5.97. The molecule has 0 radical (unpaired) electrons. The van der Waals surface area contributed by atoms with Gasteiger partial charge in [0, 0.05) is 6.20 Å². The molecule has 1 rings (SSSR count). The molecule has 0 unspecified atom stereocenters. The molecule has 5 nitrogen and oxygen atoms in total. The fourth-order valence-electron chi connectivity index (χ4n) is 0.920. The lowest BCUT2D eigenvalue weighted by atomic mass is 10.4. The average molecular weight is 216 g/mol. The first-order valence-electron chi connectivity index (χ1n) is 4.08. The third-order valence-corrected chi connectivity index (χ3v) is 1.94. The van der Waals surface area contributed by atoms with Crippen LogP contribution in [0.15, 0.2) is 18.3 Å². The van der Waals surface area contributed by atoms with E-state index in [2.05, 4.69) is 9.71 Å². The Bertz CT molecular complexity index is 403.